The Morgan fingerprint density at radius 2 is 2.26 bits per heavy atom. The SMILES string of the molecule is CCNC(Cc1cccc(OC)c1)C1CCC(C)O1. The molecule has 1 N–H and O–H groups in total. The molecular weight excluding hydrogens is 238 g/mol. The van der Waals surface area contributed by atoms with Crippen molar-refractivity contribution >= 4 is 0 Å². The molecule has 0 aliphatic carbocycles. The highest BCUT2D eigenvalue weighted by Crippen LogP contribution is 2.24. The van der Waals surface area contributed by atoms with Crippen molar-refractivity contribution in [3.8, 4) is 5.75 Å². The molecule has 3 atom stereocenters. The van der Waals surface area contributed by atoms with Gasteiger partial charge in [-0.2, -0.15) is 0 Å². The second-order valence-corrected chi connectivity index (χ2v) is 5.28. The van der Waals surface area contributed by atoms with Crippen LogP contribution in [-0.4, -0.2) is 31.9 Å². The molecule has 0 radical (unpaired) electrons. The molecule has 106 valence electrons. The predicted octanol–water partition coefficient (Wildman–Crippen LogP) is 2.78. The first-order valence-electron chi connectivity index (χ1n) is 7.24. The van der Waals surface area contributed by atoms with E-state index in [9.17, 15) is 0 Å². The topological polar surface area (TPSA) is 30.5 Å². The van der Waals surface area contributed by atoms with Crippen molar-refractivity contribution in [2.24, 2.45) is 0 Å². The minimum absolute atomic E-state index is 0.334. The minimum Gasteiger partial charge on any atom is -0.497 e. The molecule has 19 heavy (non-hydrogen) atoms. The molecule has 3 nitrogen and oxygen atoms in total. The number of ether oxygens (including phenoxy) is 2. The molecule has 1 saturated heterocycles. The molecule has 1 aromatic rings. The fourth-order valence-corrected chi connectivity index (χ4v) is 2.78. The van der Waals surface area contributed by atoms with Crippen LogP contribution in [0.3, 0.4) is 0 Å². The van der Waals surface area contributed by atoms with Gasteiger partial charge in [0.05, 0.1) is 19.3 Å². The van der Waals surface area contributed by atoms with E-state index in [0.717, 1.165) is 25.1 Å². The van der Waals surface area contributed by atoms with Crippen LogP contribution in [0.2, 0.25) is 0 Å². The Morgan fingerprint density at radius 3 is 2.89 bits per heavy atom. The second-order valence-electron chi connectivity index (χ2n) is 5.28. The third kappa shape index (κ3) is 3.95. The van der Waals surface area contributed by atoms with Crippen molar-refractivity contribution in [2.45, 2.75) is 51.4 Å². The third-order valence-electron chi connectivity index (χ3n) is 3.77. The number of hydrogen-bond donors (Lipinski definition) is 1. The highest BCUT2D eigenvalue weighted by molar-refractivity contribution is 5.29. The average molecular weight is 263 g/mol. The summed E-state index contributed by atoms with van der Waals surface area (Å²) in [6.07, 6.45) is 4.05. The van der Waals surface area contributed by atoms with Gasteiger partial charge < -0.3 is 14.8 Å². The van der Waals surface area contributed by atoms with E-state index >= 15 is 0 Å². The first-order valence-corrected chi connectivity index (χ1v) is 7.24. The molecule has 3 heteroatoms. The van der Waals surface area contributed by atoms with E-state index in [1.807, 2.05) is 6.07 Å². The smallest absolute Gasteiger partial charge is 0.119 e. The van der Waals surface area contributed by atoms with Gasteiger partial charge in [0.2, 0.25) is 0 Å². The van der Waals surface area contributed by atoms with Crippen LogP contribution in [0.5, 0.6) is 5.75 Å². The van der Waals surface area contributed by atoms with Crippen molar-refractivity contribution in [1.29, 1.82) is 0 Å². The summed E-state index contributed by atoms with van der Waals surface area (Å²) in [5.74, 6) is 0.924. The molecule has 1 aliphatic heterocycles. The van der Waals surface area contributed by atoms with Crippen LogP contribution in [0, 0.1) is 0 Å². The Bertz CT molecular complexity index is 394. The zero-order valence-corrected chi connectivity index (χ0v) is 12.2. The number of methoxy groups -OCH3 is 1. The van der Waals surface area contributed by atoms with Gasteiger partial charge in [-0.25, -0.2) is 0 Å². The van der Waals surface area contributed by atoms with Gasteiger partial charge in [0, 0.05) is 6.04 Å². The largest absolute Gasteiger partial charge is 0.497 e. The number of nitrogens with one attached hydrogen (secondary N) is 1. The molecule has 0 spiro atoms. The van der Waals surface area contributed by atoms with Gasteiger partial charge in [0.15, 0.2) is 0 Å². The second kappa shape index (κ2) is 6.92. The van der Waals surface area contributed by atoms with Gasteiger partial charge in [0.1, 0.15) is 5.75 Å². The highest BCUT2D eigenvalue weighted by Gasteiger charge is 2.29. The van der Waals surface area contributed by atoms with Crippen LogP contribution in [0.15, 0.2) is 24.3 Å². The first-order chi connectivity index (χ1) is 9.22. The van der Waals surface area contributed by atoms with E-state index in [-0.39, 0.29) is 0 Å². The Hall–Kier alpha value is -1.06. The molecule has 1 aliphatic rings. The third-order valence-corrected chi connectivity index (χ3v) is 3.77. The summed E-state index contributed by atoms with van der Waals surface area (Å²) in [6.45, 7) is 5.29. The van der Waals surface area contributed by atoms with E-state index in [1.165, 1.54) is 12.0 Å². The molecule has 2 rings (SSSR count). The van der Waals surface area contributed by atoms with Crippen LogP contribution < -0.4 is 10.1 Å². The van der Waals surface area contributed by atoms with Crippen molar-refractivity contribution in [3.63, 3.8) is 0 Å². The van der Waals surface area contributed by atoms with Gasteiger partial charge in [-0.3, -0.25) is 0 Å². The summed E-state index contributed by atoms with van der Waals surface area (Å²) in [6, 6.07) is 8.70. The van der Waals surface area contributed by atoms with Crippen LogP contribution in [0.4, 0.5) is 0 Å². The van der Waals surface area contributed by atoms with E-state index in [1.54, 1.807) is 7.11 Å². The maximum Gasteiger partial charge on any atom is 0.119 e. The Balaban J connectivity index is 2.02. The molecule has 3 unspecified atom stereocenters. The van der Waals surface area contributed by atoms with E-state index in [0.29, 0.717) is 18.2 Å². The normalized spacial score (nSPS) is 24.4. The molecule has 0 bridgehead atoms. The van der Waals surface area contributed by atoms with E-state index < -0.39 is 0 Å². The standard InChI is InChI=1S/C16H25NO2/c1-4-17-15(16-9-8-12(2)19-16)11-13-6-5-7-14(10-13)18-3/h5-7,10,12,15-17H,4,8-9,11H2,1-3H3. The van der Waals surface area contributed by atoms with Crippen LogP contribution >= 0.6 is 0 Å². The summed E-state index contributed by atoms with van der Waals surface area (Å²) >= 11 is 0. The molecule has 0 amide bonds. The van der Waals surface area contributed by atoms with Crippen molar-refractivity contribution in [1.82, 2.24) is 5.32 Å². The van der Waals surface area contributed by atoms with Gasteiger partial charge in [-0.15, -0.1) is 0 Å². The van der Waals surface area contributed by atoms with Gasteiger partial charge >= 0.3 is 0 Å². The Kier molecular flexibility index (Phi) is 5.23. The minimum atomic E-state index is 0.334. The lowest BCUT2D eigenvalue weighted by atomic mass is 9.99. The summed E-state index contributed by atoms with van der Waals surface area (Å²) in [7, 11) is 1.71. The highest BCUT2D eigenvalue weighted by atomic mass is 16.5. The van der Waals surface area contributed by atoms with Crippen molar-refractivity contribution in [3.05, 3.63) is 29.8 Å². The monoisotopic (exact) mass is 263 g/mol. The lowest BCUT2D eigenvalue weighted by Gasteiger charge is -2.24. The van der Waals surface area contributed by atoms with Crippen LogP contribution in [0.1, 0.15) is 32.3 Å². The lowest BCUT2D eigenvalue weighted by molar-refractivity contribution is 0.0324. The summed E-state index contributed by atoms with van der Waals surface area (Å²) in [5, 5.41) is 3.57. The molecule has 1 aromatic carbocycles. The molecular formula is C16H25NO2. The number of rotatable bonds is 6. The molecule has 0 aromatic heterocycles. The van der Waals surface area contributed by atoms with E-state index in [4.69, 9.17) is 9.47 Å². The quantitative estimate of drug-likeness (QED) is 0.856. The summed E-state index contributed by atoms with van der Waals surface area (Å²) in [4.78, 5) is 0. The zero-order chi connectivity index (χ0) is 13.7. The van der Waals surface area contributed by atoms with Crippen LogP contribution in [0.25, 0.3) is 0 Å². The van der Waals surface area contributed by atoms with Gasteiger partial charge in [-0.1, -0.05) is 19.1 Å². The van der Waals surface area contributed by atoms with Crippen molar-refractivity contribution in [2.75, 3.05) is 13.7 Å². The number of benzene rings is 1. The molecule has 1 fully saturated rings. The Labute approximate surface area is 116 Å². The zero-order valence-electron chi connectivity index (χ0n) is 12.2. The number of hydrogen-bond acceptors (Lipinski definition) is 3. The summed E-state index contributed by atoms with van der Waals surface area (Å²) in [5.41, 5.74) is 1.30. The summed E-state index contributed by atoms with van der Waals surface area (Å²) < 4.78 is 11.3. The van der Waals surface area contributed by atoms with Gasteiger partial charge in [-0.05, 0) is 50.4 Å². The Morgan fingerprint density at radius 1 is 1.42 bits per heavy atom. The van der Waals surface area contributed by atoms with Crippen LogP contribution in [-0.2, 0) is 11.2 Å². The molecule has 0 saturated carbocycles. The van der Waals surface area contributed by atoms with Crippen molar-refractivity contribution < 1.29 is 9.47 Å². The maximum absolute atomic E-state index is 6.01. The first kappa shape index (κ1) is 14.4. The fourth-order valence-electron chi connectivity index (χ4n) is 2.78. The molecule has 1 heterocycles. The fraction of sp³-hybridized carbons (Fsp3) is 0.625. The lowest BCUT2D eigenvalue weighted by Crippen LogP contribution is -2.41. The van der Waals surface area contributed by atoms with E-state index in [2.05, 4.69) is 37.4 Å². The maximum atomic E-state index is 6.01. The number of likely N-dealkylation sites (N-methyl/N-ethyl adjacent to an activating group) is 1. The average Bonchev–Trinajstić information content (AvgIpc) is 2.85. The van der Waals surface area contributed by atoms with Gasteiger partial charge in [0.25, 0.3) is 0 Å². The predicted molar refractivity (Wildman–Crippen MR) is 77.7 cm³/mol.